The maximum absolute atomic E-state index is 5.20. The summed E-state index contributed by atoms with van der Waals surface area (Å²) in [5.74, 6) is 1.00. The molecule has 1 heterocycles. The number of hydrogen-bond acceptors (Lipinski definition) is 2. The zero-order chi connectivity index (χ0) is 10.2. The van der Waals surface area contributed by atoms with E-state index in [9.17, 15) is 0 Å². The van der Waals surface area contributed by atoms with E-state index in [1.807, 2.05) is 6.92 Å². The molecule has 2 rings (SSSR count). The van der Waals surface area contributed by atoms with Crippen molar-refractivity contribution in [1.29, 1.82) is 0 Å². The Morgan fingerprint density at radius 1 is 1.50 bits per heavy atom. The van der Waals surface area contributed by atoms with Crippen molar-refractivity contribution < 1.29 is 0 Å². The van der Waals surface area contributed by atoms with E-state index < -0.39 is 0 Å². The van der Waals surface area contributed by atoms with Gasteiger partial charge < -0.3 is 4.57 Å². The first kappa shape index (κ1) is 9.90. The molecule has 0 saturated heterocycles. The molecule has 0 amide bonds. The number of nitrogens with one attached hydrogen (secondary N) is 1. The van der Waals surface area contributed by atoms with Crippen LogP contribution in [0.4, 0.5) is 0 Å². The van der Waals surface area contributed by atoms with Gasteiger partial charge in [0.05, 0.1) is 0 Å². The van der Waals surface area contributed by atoms with Crippen LogP contribution in [-0.4, -0.2) is 14.8 Å². The van der Waals surface area contributed by atoms with Crippen LogP contribution < -0.4 is 0 Å². The summed E-state index contributed by atoms with van der Waals surface area (Å²) >= 11 is 5.20. The predicted molar refractivity (Wildman–Crippen MR) is 58.7 cm³/mol. The van der Waals surface area contributed by atoms with Gasteiger partial charge in [-0.1, -0.05) is 19.8 Å². The number of aromatic nitrogens is 3. The standard InChI is InChI=1S/C10H17N3S/c1-8-11-12-9(14)13(8)7-10(2)5-3-4-6-10/h3-7H2,1-2H3,(H,12,14). The van der Waals surface area contributed by atoms with Crippen LogP contribution in [0.3, 0.4) is 0 Å². The first-order valence-electron chi connectivity index (χ1n) is 5.23. The zero-order valence-corrected chi connectivity index (χ0v) is 9.65. The Bertz CT molecular complexity index is 371. The molecule has 0 atom stereocenters. The number of H-pyrrole nitrogens is 1. The number of hydrogen-bond donors (Lipinski definition) is 1. The average Bonchev–Trinajstić information content (AvgIpc) is 2.68. The lowest BCUT2D eigenvalue weighted by molar-refractivity contribution is 0.277. The molecule has 0 unspecified atom stereocenters. The van der Waals surface area contributed by atoms with Crippen LogP contribution in [-0.2, 0) is 6.54 Å². The van der Waals surface area contributed by atoms with Crippen LogP contribution in [0.1, 0.15) is 38.4 Å². The first-order chi connectivity index (χ1) is 6.61. The Kier molecular flexibility index (Phi) is 2.47. The molecule has 0 aromatic carbocycles. The molecule has 78 valence electrons. The summed E-state index contributed by atoms with van der Waals surface area (Å²) < 4.78 is 2.89. The van der Waals surface area contributed by atoms with Gasteiger partial charge in [-0.2, -0.15) is 5.10 Å². The van der Waals surface area contributed by atoms with Gasteiger partial charge in [-0.05, 0) is 37.4 Å². The highest BCUT2D eigenvalue weighted by atomic mass is 32.1. The lowest BCUT2D eigenvalue weighted by atomic mass is 9.89. The summed E-state index contributed by atoms with van der Waals surface area (Å²) in [4.78, 5) is 0. The fourth-order valence-corrected chi connectivity index (χ4v) is 2.59. The number of rotatable bonds is 2. The van der Waals surface area contributed by atoms with Crippen LogP contribution in [0.25, 0.3) is 0 Å². The van der Waals surface area contributed by atoms with E-state index >= 15 is 0 Å². The molecule has 0 spiro atoms. The third-order valence-electron chi connectivity index (χ3n) is 3.30. The van der Waals surface area contributed by atoms with Gasteiger partial charge in [0.25, 0.3) is 0 Å². The van der Waals surface area contributed by atoms with Crippen molar-refractivity contribution in [1.82, 2.24) is 14.8 Å². The minimum Gasteiger partial charge on any atom is -0.304 e. The number of aryl methyl sites for hydroxylation is 1. The second-order valence-corrected chi connectivity index (χ2v) is 5.07. The Hall–Kier alpha value is -0.640. The summed E-state index contributed by atoms with van der Waals surface area (Å²) in [6.07, 6.45) is 5.36. The van der Waals surface area contributed by atoms with Gasteiger partial charge in [-0.25, -0.2) is 0 Å². The second kappa shape index (κ2) is 3.50. The molecule has 1 fully saturated rings. The van der Waals surface area contributed by atoms with Crippen molar-refractivity contribution in [2.24, 2.45) is 5.41 Å². The summed E-state index contributed by atoms with van der Waals surface area (Å²) in [6.45, 7) is 5.38. The maximum Gasteiger partial charge on any atom is 0.195 e. The van der Waals surface area contributed by atoms with Crippen LogP contribution in [0.15, 0.2) is 0 Å². The van der Waals surface area contributed by atoms with Gasteiger partial charge in [-0.15, -0.1) is 0 Å². The molecule has 3 nitrogen and oxygen atoms in total. The van der Waals surface area contributed by atoms with Crippen molar-refractivity contribution in [2.45, 2.75) is 46.1 Å². The lowest BCUT2D eigenvalue weighted by Gasteiger charge is -2.24. The van der Waals surface area contributed by atoms with Gasteiger partial charge >= 0.3 is 0 Å². The molecule has 1 N–H and O–H groups in total. The van der Waals surface area contributed by atoms with Crippen LogP contribution in [0, 0.1) is 17.1 Å². The van der Waals surface area contributed by atoms with E-state index in [-0.39, 0.29) is 0 Å². The topological polar surface area (TPSA) is 33.6 Å². The van der Waals surface area contributed by atoms with Gasteiger partial charge in [0.15, 0.2) is 4.77 Å². The maximum atomic E-state index is 5.20. The fraction of sp³-hybridized carbons (Fsp3) is 0.800. The van der Waals surface area contributed by atoms with Crippen molar-refractivity contribution in [3.05, 3.63) is 10.6 Å². The van der Waals surface area contributed by atoms with E-state index in [4.69, 9.17) is 12.2 Å². The Morgan fingerprint density at radius 3 is 2.64 bits per heavy atom. The Labute approximate surface area is 89.5 Å². The Morgan fingerprint density at radius 2 is 2.14 bits per heavy atom. The van der Waals surface area contributed by atoms with E-state index in [0.717, 1.165) is 17.1 Å². The molecule has 4 heteroatoms. The van der Waals surface area contributed by atoms with Gasteiger partial charge in [0.2, 0.25) is 0 Å². The van der Waals surface area contributed by atoms with Crippen molar-refractivity contribution in [3.63, 3.8) is 0 Å². The fourth-order valence-electron chi connectivity index (χ4n) is 2.35. The molecule has 1 aromatic heterocycles. The second-order valence-electron chi connectivity index (χ2n) is 4.68. The quantitative estimate of drug-likeness (QED) is 0.763. The van der Waals surface area contributed by atoms with Crippen molar-refractivity contribution in [3.8, 4) is 0 Å². The van der Waals surface area contributed by atoms with E-state index in [1.165, 1.54) is 25.7 Å². The van der Waals surface area contributed by atoms with Crippen LogP contribution in [0.2, 0.25) is 0 Å². The number of aromatic amines is 1. The SMILES string of the molecule is Cc1n[nH]c(=S)n1CC1(C)CCCC1. The van der Waals surface area contributed by atoms with Gasteiger partial charge in [0.1, 0.15) is 5.82 Å². The summed E-state index contributed by atoms with van der Waals surface area (Å²) in [5.41, 5.74) is 0.437. The summed E-state index contributed by atoms with van der Waals surface area (Å²) in [7, 11) is 0. The molecule has 0 aliphatic heterocycles. The monoisotopic (exact) mass is 211 g/mol. The molecule has 1 saturated carbocycles. The van der Waals surface area contributed by atoms with Crippen LogP contribution in [0.5, 0.6) is 0 Å². The highest BCUT2D eigenvalue weighted by Crippen LogP contribution is 2.39. The highest BCUT2D eigenvalue weighted by molar-refractivity contribution is 7.71. The molecule has 1 aliphatic rings. The minimum absolute atomic E-state index is 0.437. The van der Waals surface area contributed by atoms with E-state index in [1.54, 1.807) is 0 Å². The molecule has 0 radical (unpaired) electrons. The van der Waals surface area contributed by atoms with E-state index in [0.29, 0.717) is 5.41 Å². The average molecular weight is 211 g/mol. The number of nitrogens with zero attached hydrogens (tertiary/aromatic N) is 2. The normalized spacial score (nSPS) is 20.1. The molecular weight excluding hydrogens is 194 g/mol. The van der Waals surface area contributed by atoms with Crippen molar-refractivity contribution in [2.75, 3.05) is 0 Å². The molecule has 0 bridgehead atoms. The summed E-state index contributed by atoms with van der Waals surface area (Å²) in [6, 6.07) is 0. The third-order valence-corrected chi connectivity index (χ3v) is 3.61. The third kappa shape index (κ3) is 1.75. The molecule has 14 heavy (non-hydrogen) atoms. The Balaban J connectivity index is 2.21. The molecule has 1 aliphatic carbocycles. The zero-order valence-electron chi connectivity index (χ0n) is 8.84. The first-order valence-corrected chi connectivity index (χ1v) is 5.63. The molecular formula is C10H17N3S. The highest BCUT2D eigenvalue weighted by Gasteiger charge is 2.29. The van der Waals surface area contributed by atoms with Gasteiger partial charge in [-0.3, -0.25) is 5.10 Å². The largest absolute Gasteiger partial charge is 0.304 e. The predicted octanol–water partition coefficient (Wildman–Crippen LogP) is 2.83. The minimum atomic E-state index is 0.437. The van der Waals surface area contributed by atoms with E-state index in [2.05, 4.69) is 21.7 Å². The van der Waals surface area contributed by atoms with Crippen molar-refractivity contribution >= 4 is 12.2 Å². The smallest absolute Gasteiger partial charge is 0.195 e. The van der Waals surface area contributed by atoms with Crippen LogP contribution >= 0.6 is 12.2 Å². The lowest BCUT2D eigenvalue weighted by Crippen LogP contribution is -2.20. The summed E-state index contributed by atoms with van der Waals surface area (Å²) in [5, 5.41) is 6.98. The molecule has 1 aromatic rings. The van der Waals surface area contributed by atoms with Gasteiger partial charge in [0, 0.05) is 6.54 Å².